The predicted molar refractivity (Wildman–Crippen MR) is 75.2 cm³/mol. The van der Waals surface area contributed by atoms with Gasteiger partial charge in [0.1, 0.15) is 5.82 Å². The second-order valence-electron chi connectivity index (χ2n) is 5.17. The molecule has 1 aromatic carbocycles. The highest BCUT2D eigenvalue weighted by Crippen LogP contribution is 2.16. The van der Waals surface area contributed by atoms with Gasteiger partial charge < -0.3 is 15.4 Å². The van der Waals surface area contributed by atoms with Crippen molar-refractivity contribution in [3.8, 4) is 0 Å². The van der Waals surface area contributed by atoms with E-state index in [1.54, 1.807) is 0 Å². The van der Waals surface area contributed by atoms with E-state index in [9.17, 15) is 18.8 Å². The van der Waals surface area contributed by atoms with E-state index in [1.807, 2.05) is 0 Å². The molecular formula is C15H17FN2O4. The van der Waals surface area contributed by atoms with E-state index < -0.39 is 30.2 Å². The van der Waals surface area contributed by atoms with Crippen LogP contribution in [0.1, 0.15) is 23.2 Å². The Morgan fingerprint density at radius 2 is 2.14 bits per heavy atom. The van der Waals surface area contributed by atoms with E-state index in [0.717, 1.165) is 6.07 Å². The number of primary amides is 1. The van der Waals surface area contributed by atoms with Crippen molar-refractivity contribution in [3.63, 3.8) is 0 Å². The first kappa shape index (κ1) is 15.9. The van der Waals surface area contributed by atoms with Gasteiger partial charge in [-0.2, -0.15) is 0 Å². The minimum absolute atomic E-state index is 0.0430. The number of hydrogen-bond donors (Lipinski definition) is 1. The number of carbonyl (C=O) groups excluding carboxylic acids is 3. The molecule has 1 saturated heterocycles. The summed E-state index contributed by atoms with van der Waals surface area (Å²) in [6.07, 6.45) is 1.33. The van der Waals surface area contributed by atoms with Crippen molar-refractivity contribution in [2.75, 3.05) is 19.7 Å². The van der Waals surface area contributed by atoms with Crippen LogP contribution in [-0.4, -0.2) is 42.4 Å². The average Bonchev–Trinajstić information content (AvgIpc) is 2.52. The van der Waals surface area contributed by atoms with Gasteiger partial charge in [-0.3, -0.25) is 9.59 Å². The molecular weight excluding hydrogens is 291 g/mol. The molecule has 2 N–H and O–H groups in total. The quantitative estimate of drug-likeness (QED) is 0.829. The molecule has 1 fully saturated rings. The summed E-state index contributed by atoms with van der Waals surface area (Å²) in [6.45, 7) is 0.298. The van der Waals surface area contributed by atoms with Gasteiger partial charge in [-0.15, -0.1) is 0 Å². The van der Waals surface area contributed by atoms with E-state index >= 15 is 0 Å². The number of hydrogen-bond acceptors (Lipinski definition) is 4. The summed E-state index contributed by atoms with van der Waals surface area (Å²) in [5.41, 5.74) is 5.29. The van der Waals surface area contributed by atoms with E-state index in [-0.39, 0.29) is 18.0 Å². The SMILES string of the molecule is NC(=O)[C@@H]1CCCN(C(=O)COC(=O)c2cccc(F)c2)C1. The zero-order valence-electron chi connectivity index (χ0n) is 12.0. The average molecular weight is 308 g/mol. The summed E-state index contributed by atoms with van der Waals surface area (Å²) in [7, 11) is 0. The maximum atomic E-state index is 13.0. The van der Waals surface area contributed by atoms with E-state index in [2.05, 4.69) is 0 Å². The standard InChI is InChI=1S/C15H17FN2O4/c16-12-5-1-3-10(7-12)15(21)22-9-13(19)18-6-2-4-11(8-18)14(17)20/h1,3,5,7,11H,2,4,6,8-9H2,(H2,17,20)/t11-/m1/s1. The Balaban J connectivity index is 1.87. The molecule has 7 heteroatoms. The van der Waals surface area contributed by atoms with Gasteiger partial charge in [-0.25, -0.2) is 9.18 Å². The topological polar surface area (TPSA) is 89.7 Å². The Morgan fingerprint density at radius 1 is 1.36 bits per heavy atom. The van der Waals surface area contributed by atoms with Crippen LogP contribution in [0.5, 0.6) is 0 Å². The molecule has 2 rings (SSSR count). The smallest absolute Gasteiger partial charge is 0.338 e. The minimum Gasteiger partial charge on any atom is -0.452 e. The molecule has 118 valence electrons. The third kappa shape index (κ3) is 4.03. The number of ether oxygens (including phenoxy) is 1. The number of rotatable bonds is 4. The lowest BCUT2D eigenvalue weighted by atomic mass is 9.97. The van der Waals surface area contributed by atoms with Crippen molar-refractivity contribution in [1.29, 1.82) is 0 Å². The number of amides is 2. The number of nitrogens with zero attached hydrogens (tertiary/aromatic N) is 1. The molecule has 0 unspecified atom stereocenters. The molecule has 2 amide bonds. The van der Waals surface area contributed by atoms with E-state index in [4.69, 9.17) is 10.5 Å². The number of halogens is 1. The van der Waals surface area contributed by atoms with Crippen LogP contribution in [0.3, 0.4) is 0 Å². The lowest BCUT2D eigenvalue weighted by molar-refractivity contribution is -0.137. The molecule has 0 aliphatic carbocycles. The van der Waals surface area contributed by atoms with E-state index in [1.165, 1.54) is 23.1 Å². The van der Waals surface area contributed by atoms with E-state index in [0.29, 0.717) is 19.4 Å². The first-order valence-electron chi connectivity index (χ1n) is 6.97. The normalized spacial score (nSPS) is 17.9. The summed E-state index contributed by atoms with van der Waals surface area (Å²) in [5.74, 6) is -2.51. The number of piperidine rings is 1. The van der Waals surface area contributed by atoms with Crippen molar-refractivity contribution < 1.29 is 23.5 Å². The summed E-state index contributed by atoms with van der Waals surface area (Å²) in [5, 5.41) is 0. The van der Waals surface area contributed by atoms with Crippen molar-refractivity contribution in [2.24, 2.45) is 11.7 Å². The van der Waals surface area contributed by atoms with Gasteiger partial charge in [0.2, 0.25) is 5.91 Å². The Labute approximate surface area is 127 Å². The molecule has 22 heavy (non-hydrogen) atoms. The molecule has 0 spiro atoms. The van der Waals surface area contributed by atoms with Gasteiger partial charge in [0.15, 0.2) is 6.61 Å². The molecule has 1 aromatic rings. The third-order valence-electron chi connectivity index (χ3n) is 3.56. The Bertz CT molecular complexity index is 591. The zero-order chi connectivity index (χ0) is 16.1. The highest BCUT2D eigenvalue weighted by Gasteiger charge is 2.27. The van der Waals surface area contributed by atoms with Crippen molar-refractivity contribution >= 4 is 17.8 Å². The van der Waals surface area contributed by atoms with Gasteiger partial charge in [0, 0.05) is 13.1 Å². The summed E-state index contributed by atoms with van der Waals surface area (Å²) < 4.78 is 17.9. The Morgan fingerprint density at radius 3 is 2.82 bits per heavy atom. The number of likely N-dealkylation sites (tertiary alicyclic amines) is 1. The molecule has 0 radical (unpaired) electrons. The van der Waals surface area contributed by atoms with Crippen LogP contribution < -0.4 is 5.73 Å². The number of nitrogens with two attached hydrogens (primary N) is 1. The maximum absolute atomic E-state index is 13.0. The van der Waals surface area contributed by atoms with Gasteiger partial charge in [0.05, 0.1) is 11.5 Å². The summed E-state index contributed by atoms with van der Waals surface area (Å²) in [4.78, 5) is 36.3. The second kappa shape index (κ2) is 7.02. The number of benzene rings is 1. The molecule has 1 heterocycles. The first-order valence-corrected chi connectivity index (χ1v) is 6.97. The summed E-state index contributed by atoms with van der Waals surface area (Å²) in [6, 6.07) is 5.03. The lowest BCUT2D eigenvalue weighted by Crippen LogP contribution is -2.45. The van der Waals surface area contributed by atoms with Gasteiger partial charge >= 0.3 is 5.97 Å². The number of carbonyl (C=O) groups is 3. The van der Waals surface area contributed by atoms with Gasteiger partial charge in [0.25, 0.3) is 5.91 Å². The van der Waals surface area contributed by atoms with Crippen molar-refractivity contribution in [3.05, 3.63) is 35.6 Å². The van der Waals surface area contributed by atoms with Gasteiger partial charge in [-0.1, -0.05) is 6.07 Å². The Hall–Kier alpha value is -2.44. The fraction of sp³-hybridized carbons (Fsp3) is 0.400. The largest absolute Gasteiger partial charge is 0.452 e. The lowest BCUT2D eigenvalue weighted by Gasteiger charge is -2.31. The van der Waals surface area contributed by atoms with Crippen molar-refractivity contribution in [1.82, 2.24) is 4.90 Å². The van der Waals surface area contributed by atoms with Gasteiger partial charge in [-0.05, 0) is 31.0 Å². The molecule has 0 saturated carbocycles. The maximum Gasteiger partial charge on any atom is 0.338 e. The third-order valence-corrected chi connectivity index (χ3v) is 3.56. The predicted octanol–water partition coefficient (Wildman–Crippen LogP) is 0.706. The second-order valence-corrected chi connectivity index (χ2v) is 5.17. The molecule has 0 bridgehead atoms. The minimum atomic E-state index is -0.767. The fourth-order valence-corrected chi connectivity index (χ4v) is 2.35. The molecule has 0 aromatic heterocycles. The van der Waals surface area contributed by atoms with Crippen LogP contribution in [0, 0.1) is 11.7 Å². The molecule has 1 aliphatic rings. The first-order chi connectivity index (χ1) is 10.5. The van der Waals surface area contributed by atoms with Crippen molar-refractivity contribution in [2.45, 2.75) is 12.8 Å². The van der Waals surface area contributed by atoms with Crippen LogP contribution in [0.15, 0.2) is 24.3 Å². The molecule has 6 nitrogen and oxygen atoms in total. The highest BCUT2D eigenvalue weighted by molar-refractivity contribution is 5.91. The Kier molecular flexibility index (Phi) is 5.08. The number of esters is 1. The van der Waals surface area contributed by atoms with Crippen LogP contribution in [0.25, 0.3) is 0 Å². The fourth-order valence-electron chi connectivity index (χ4n) is 2.35. The van der Waals surface area contributed by atoms with Crippen LogP contribution in [0.4, 0.5) is 4.39 Å². The summed E-state index contributed by atoms with van der Waals surface area (Å²) >= 11 is 0. The molecule has 1 atom stereocenters. The van der Waals surface area contributed by atoms with Crippen LogP contribution >= 0.6 is 0 Å². The monoisotopic (exact) mass is 308 g/mol. The van der Waals surface area contributed by atoms with Crippen LogP contribution in [0.2, 0.25) is 0 Å². The zero-order valence-corrected chi connectivity index (χ0v) is 12.0. The highest BCUT2D eigenvalue weighted by atomic mass is 19.1. The van der Waals surface area contributed by atoms with Crippen LogP contribution in [-0.2, 0) is 14.3 Å². The molecule has 1 aliphatic heterocycles.